The molecule has 1 aromatic heterocycles. The molecule has 1 saturated heterocycles. The van der Waals surface area contributed by atoms with Gasteiger partial charge in [-0.05, 0) is 52.1 Å². The van der Waals surface area contributed by atoms with Crippen LogP contribution in [0.15, 0.2) is 5.38 Å². The van der Waals surface area contributed by atoms with Crippen LogP contribution in [0, 0.1) is 11.8 Å². The van der Waals surface area contributed by atoms with E-state index < -0.39 is 41.7 Å². The van der Waals surface area contributed by atoms with Gasteiger partial charge in [0.15, 0.2) is 11.8 Å². The fourth-order valence-corrected chi connectivity index (χ4v) is 5.51. The second-order valence-electron chi connectivity index (χ2n) is 10.5. The molecule has 1 fully saturated rings. The maximum Gasteiger partial charge on any atom is 0.407 e. The summed E-state index contributed by atoms with van der Waals surface area (Å²) < 4.78 is 21.6. The van der Waals surface area contributed by atoms with Crippen molar-refractivity contribution in [1.82, 2.24) is 25.4 Å². The van der Waals surface area contributed by atoms with E-state index in [1.165, 1.54) is 5.38 Å². The number of aromatic carboxylic acids is 1. The summed E-state index contributed by atoms with van der Waals surface area (Å²) in [7, 11) is 1.55. The first-order chi connectivity index (χ1) is 19.4. The highest BCUT2D eigenvalue weighted by Crippen LogP contribution is 2.32. The molecule has 12 heteroatoms. The number of nitrogens with zero attached hydrogens (tertiary/aromatic N) is 3. The van der Waals surface area contributed by atoms with Gasteiger partial charge in [0.1, 0.15) is 11.0 Å². The van der Waals surface area contributed by atoms with E-state index in [1.54, 1.807) is 23.8 Å². The molecule has 0 aromatic carbocycles. The molecule has 3 amide bonds. The smallest absolute Gasteiger partial charge is 0.407 e. The Labute approximate surface area is 238 Å². The second kappa shape index (κ2) is 14.1. The molecule has 0 spiro atoms. The van der Waals surface area contributed by atoms with Crippen molar-refractivity contribution < 1.29 is 31.8 Å². The Morgan fingerprint density at radius 1 is 1.31 bits per heavy atom. The molecule has 1 aliphatic rings. The van der Waals surface area contributed by atoms with Gasteiger partial charge < -0.3 is 25.4 Å². The molecule has 0 saturated carbocycles. The number of hydrogen-bond acceptors (Lipinski definition) is 8. The van der Waals surface area contributed by atoms with Crippen LogP contribution in [0.25, 0.3) is 0 Å². The number of hydrogen-bond donors (Lipinski definition) is 3. The average Bonchev–Trinajstić information content (AvgIpc) is 3.60. The van der Waals surface area contributed by atoms with Crippen molar-refractivity contribution >= 4 is 35.2 Å². The van der Waals surface area contributed by atoms with Crippen molar-refractivity contribution in [2.45, 2.75) is 90.9 Å². The van der Waals surface area contributed by atoms with Gasteiger partial charge in [0.2, 0.25) is 11.8 Å². The minimum Gasteiger partial charge on any atom is -0.476 e. The van der Waals surface area contributed by atoms with Crippen molar-refractivity contribution in [2.75, 3.05) is 27.2 Å². The zero-order valence-corrected chi connectivity index (χ0v) is 24.7. The van der Waals surface area contributed by atoms with Crippen LogP contribution in [0.3, 0.4) is 0 Å². The molecular weight excluding hydrogens is 522 g/mol. The van der Waals surface area contributed by atoms with Crippen LogP contribution in [-0.2, 0) is 14.3 Å². The summed E-state index contributed by atoms with van der Waals surface area (Å²) in [5.74, 6) is -2.23. The minimum absolute atomic E-state index is 0.0929. The predicted octanol–water partition coefficient (Wildman–Crippen LogP) is 3.52. The fourth-order valence-electron chi connectivity index (χ4n) is 4.68. The van der Waals surface area contributed by atoms with Gasteiger partial charge in [-0.25, -0.2) is 14.6 Å². The Morgan fingerprint density at radius 3 is 2.56 bits per heavy atom. The first-order valence-corrected chi connectivity index (χ1v) is 14.3. The largest absolute Gasteiger partial charge is 0.476 e. The third-order valence-electron chi connectivity index (χ3n) is 7.47. The Morgan fingerprint density at radius 2 is 2.03 bits per heavy atom. The predicted molar refractivity (Wildman–Crippen MR) is 150 cm³/mol. The molecule has 2 heterocycles. The number of rotatable bonds is 13. The normalized spacial score (nSPS) is 21.3. The topological polar surface area (TPSA) is 141 Å². The van der Waals surface area contributed by atoms with Crippen LogP contribution in [0.1, 0.15) is 91.5 Å². The zero-order chi connectivity index (χ0) is 30.9. The highest BCUT2D eigenvalue weighted by atomic mass is 32.1. The fraction of sp³-hybridized carbons (Fsp3) is 0.741. The summed E-state index contributed by atoms with van der Waals surface area (Å²) >= 11 is 1.07. The molecule has 220 valence electrons. The average molecular weight is 570 g/mol. The Bertz CT molecular complexity index is 1060. The number of thiazole rings is 1. The number of likely N-dealkylation sites (tertiary alicyclic amines) is 1. The summed E-state index contributed by atoms with van der Waals surface area (Å²) in [4.78, 5) is 58.8. The molecule has 11 nitrogen and oxygen atoms in total. The van der Waals surface area contributed by atoms with Gasteiger partial charge >= 0.3 is 12.1 Å². The van der Waals surface area contributed by atoms with Crippen LogP contribution in [0.5, 0.6) is 0 Å². The summed E-state index contributed by atoms with van der Waals surface area (Å²) in [5, 5.41) is 16.5. The summed E-state index contributed by atoms with van der Waals surface area (Å²) in [6, 6.07) is -1.32. The third kappa shape index (κ3) is 7.91. The SMILES string of the molecule is [2H]CN1CCC[C@@]1(C[2H])C(=O)N[C@H](C(=O)N(C)[C@H](C[C@@H](OC(=O)NCC)c1nc(C(=O)O)cs1)C(C)C)[C@@H](C)CC. The van der Waals surface area contributed by atoms with Gasteiger partial charge in [-0.3, -0.25) is 14.5 Å². The van der Waals surface area contributed by atoms with Gasteiger partial charge in [0, 0.05) is 34.2 Å². The first kappa shape index (κ1) is 29.3. The quantitative estimate of drug-likeness (QED) is 0.328. The van der Waals surface area contributed by atoms with Gasteiger partial charge in [-0.2, -0.15) is 0 Å². The molecule has 5 atom stereocenters. The summed E-state index contributed by atoms with van der Waals surface area (Å²) in [6.07, 6.45) is 0.353. The monoisotopic (exact) mass is 569 g/mol. The number of aromatic nitrogens is 1. The Kier molecular flexibility index (Phi) is 10.6. The number of carbonyl (C=O) groups excluding carboxylic acids is 3. The van der Waals surface area contributed by atoms with Crippen molar-refractivity contribution in [3.05, 3.63) is 16.1 Å². The molecule has 1 aromatic rings. The maximum atomic E-state index is 14.0. The summed E-state index contributed by atoms with van der Waals surface area (Å²) in [5.41, 5.74) is -1.29. The number of amides is 3. The van der Waals surface area contributed by atoms with Gasteiger partial charge in [-0.1, -0.05) is 34.1 Å². The Hall–Kier alpha value is -2.73. The van der Waals surface area contributed by atoms with Gasteiger partial charge in [0.05, 0.1) is 5.54 Å². The lowest BCUT2D eigenvalue weighted by Gasteiger charge is -2.38. The van der Waals surface area contributed by atoms with Crippen molar-refractivity contribution in [1.29, 1.82) is 0 Å². The summed E-state index contributed by atoms with van der Waals surface area (Å²) in [6.45, 7) is 10.1. The van der Waals surface area contributed by atoms with E-state index in [1.807, 2.05) is 27.7 Å². The molecule has 2 rings (SSSR count). The number of carbonyl (C=O) groups is 4. The molecule has 1 aliphatic heterocycles. The number of nitrogens with one attached hydrogen (secondary N) is 2. The molecule has 0 unspecified atom stereocenters. The van der Waals surface area contributed by atoms with Crippen molar-refractivity contribution in [3.63, 3.8) is 0 Å². The molecule has 0 aliphatic carbocycles. The van der Waals surface area contributed by atoms with Crippen LogP contribution < -0.4 is 10.6 Å². The van der Waals surface area contributed by atoms with Crippen LogP contribution >= 0.6 is 11.3 Å². The number of carboxylic acid groups (broad SMARTS) is 1. The Balaban J connectivity index is 2.36. The molecule has 39 heavy (non-hydrogen) atoms. The lowest BCUT2D eigenvalue weighted by molar-refractivity contribution is -0.142. The van der Waals surface area contributed by atoms with Crippen LogP contribution in [-0.4, -0.2) is 88.6 Å². The van der Waals surface area contributed by atoms with Crippen LogP contribution in [0.2, 0.25) is 0 Å². The number of alkyl carbamates (subject to hydrolysis) is 1. The lowest BCUT2D eigenvalue weighted by atomic mass is 9.91. The standard InChI is InChI=1S/C27H45N5O6S/c1-9-17(5)21(30-25(36)27(6)12-11-13-31(27)7)23(33)32(8)19(16(3)4)14-20(38-26(37)28-10-2)22-29-18(15-39-22)24(34)35/h15-17,19-21H,9-14H2,1-8H3,(H,28,37)(H,30,36)(H,34,35)/t17-,19+,20+,21-,27-/m0/s1/i6D,7D. The maximum absolute atomic E-state index is 14.0. The highest BCUT2D eigenvalue weighted by molar-refractivity contribution is 7.09. The van der Waals surface area contributed by atoms with E-state index in [-0.39, 0.29) is 43.8 Å². The molecule has 0 bridgehead atoms. The lowest BCUT2D eigenvalue weighted by Crippen LogP contribution is -2.60. The second-order valence-corrected chi connectivity index (χ2v) is 11.4. The minimum atomic E-state index is -1.19. The molecular formula is C27H45N5O6S. The van der Waals surface area contributed by atoms with E-state index in [2.05, 4.69) is 15.6 Å². The van der Waals surface area contributed by atoms with E-state index in [0.717, 1.165) is 11.3 Å². The van der Waals surface area contributed by atoms with Crippen LogP contribution in [0.4, 0.5) is 4.79 Å². The van der Waals surface area contributed by atoms with E-state index >= 15 is 0 Å². The van der Waals surface area contributed by atoms with Gasteiger partial charge in [-0.15, -0.1) is 11.3 Å². The third-order valence-corrected chi connectivity index (χ3v) is 8.41. The number of ether oxygens (including phenoxy) is 1. The van der Waals surface area contributed by atoms with Crippen molar-refractivity contribution in [3.8, 4) is 0 Å². The van der Waals surface area contributed by atoms with Gasteiger partial charge in [0.25, 0.3) is 0 Å². The zero-order valence-electron chi connectivity index (χ0n) is 25.9. The molecule has 0 radical (unpaired) electrons. The first-order valence-electron chi connectivity index (χ1n) is 14.8. The highest BCUT2D eigenvalue weighted by Gasteiger charge is 2.44. The van der Waals surface area contributed by atoms with E-state index in [9.17, 15) is 24.3 Å². The number of likely N-dealkylation sites (N-methyl/N-ethyl adjacent to an activating group) is 2. The molecule has 3 N–H and O–H groups in total. The van der Waals surface area contributed by atoms with E-state index in [0.29, 0.717) is 37.4 Å². The number of carboxylic acids is 1. The van der Waals surface area contributed by atoms with Crippen molar-refractivity contribution in [2.24, 2.45) is 11.8 Å². The van der Waals surface area contributed by atoms with E-state index in [4.69, 9.17) is 7.48 Å².